The van der Waals surface area contributed by atoms with Crippen LogP contribution in [-0.2, 0) is 10.0 Å². The van der Waals surface area contributed by atoms with Crippen LogP contribution in [0.4, 0.5) is 0 Å². The summed E-state index contributed by atoms with van der Waals surface area (Å²) in [6.45, 7) is 3.72. The number of hydrogen-bond donors (Lipinski definition) is 0. The first-order valence-electron chi connectivity index (χ1n) is 3.82. The van der Waals surface area contributed by atoms with Gasteiger partial charge in [-0.15, -0.1) is 0 Å². The highest BCUT2D eigenvalue weighted by atomic mass is 32.2. The second-order valence-electron chi connectivity index (χ2n) is 2.92. The largest absolute Gasteiger partial charge is 0.269 e. The molecule has 1 aliphatic heterocycles. The van der Waals surface area contributed by atoms with E-state index in [0.717, 1.165) is 0 Å². The Hall–Kier alpha value is -1.29. The molecule has 4 heteroatoms. The van der Waals surface area contributed by atoms with Crippen molar-refractivity contribution in [1.82, 2.24) is 4.31 Å². The summed E-state index contributed by atoms with van der Waals surface area (Å²) in [4.78, 5) is 0.350. The van der Waals surface area contributed by atoms with Gasteiger partial charge < -0.3 is 0 Å². The monoisotopic (exact) mass is 195 g/mol. The zero-order chi connectivity index (χ0) is 9.64. The van der Waals surface area contributed by atoms with Gasteiger partial charge in [-0.2, -0.15) is 0 Å². The van der Waals surface area contributed by atoms with Gasteiger partial charge in [0.2, 0.25) is 0 Å². The van der Waals surface area contributed by atoms with Gasteiger partial charge in [0.05, 0.1) is 10.6 Å². The first-order valence-corrected chi connectivity index (χ1v) is 5.26. The molecule has 0 fully saturated rings. The zero-order valence-electron chi connectivity index (χ0n) is 7.19. The van der Waals surface area contributed by atoms with Crippen LogP contribution >= 0.6 is 0 Å². The predicted octanol–water partition coefficient (Wildman–Crippen LogP) is 1.29. The van der Waals surface area contributed by atoms with E-state index in [0.29, 0.717) is 16.2 Å². The van der Waals surface area contributed by atoms with Gasteiger partial charge in [0.15, 0.2) is 0 Å². The first-order chi connectivity index (χ1) is 6.05. The fraction of sp³-hybridized carbons (Fsp3) is 0.111. The summed E-state index contributed by atoms with van der Waals surface area (Å²) in [5, 5.41) is 0. The van der Waals surface area contributed by atoms with Crippen molar-refractivity contribution < 1.29 is 8.42 Å². The molecule has 0 unspecified atom stereocenters. The molecule has 0 amide bonds. The maximum atomic E-state index is 11.7. The third kappa shape index (κ3) is 0.920. The topological polar surface area (TPSA) is 37.4 Å². The molecule has 0 spiro atoms. The van der Waals surface area contributed by atoms with Crippen LogP contribution in [0.1, 0.15) is 5.56 Å². The van der Waals surface area contributed by atoms with Crippen LogP contribution < -0.4 is 0 Å². The minimum atomic E-state index is -3.30. The SMILES string of the molecule is C=C1c2ccccc2S(=O)(=O)N1C. The molecule has 68 valence electrons. The molecule has 1 heterocycles. The maximum absolute atomic E-state index is 11.7. The lowest BCUT2D eigenvalue weighted by atomic mass is 10.2. The van der Waals surface area contributed by atoms with Crippen LogP contribution in [0.25, 0.3) is 5.70 Å². The van der Waals surface area contributed by atoms with E-state index in [2.05, 4.69) is 6.58 Å². The molecule has 0 bridgehead atoms. The molecule has 3 nitrogen and oxygen atoms in total. The Morgan fingerprint density at radius 3 is 2.54 bits per heavy atom. The van der Waals surface area contributed by atoms with Crippen molar-refractivity contribution in [2.24, 2.45) is 0 Å². The number of fused-ring (bicyclic) bond motifs is 1. The molecule has 1 aromatic rings. The molecular formula is C9H9NO2S. The van der Waals surface area contributed by atoms with Crippen LogP contribution in [0.5, 0.6) is 0 Å². The first kappa shape index (κ1) is 8.31. The highest BCUT2D eigenvalue weighted by Gasteiger charge is 2.33. The van der Waals surface area contributed by atoms with E-state index in [-0.39, 0.29) is 0 Å². The lowest BCUT2D eigenvalue weighted by molar-refractivity contribution is 0.555. The van der Waals surface area contributed by atoms with Gasteiger partial charge in [-0.3, -0.25) is 4.31 Å². The average molecular weight is 195 g/mol. The van der Waals surface area contributed by atoms with Crippen LogP contribution in [0.15, 0.2) is 35.7 Å². The number of rotatable bonds is 0. The highest BCUT2D eigenvalue weighted by Crippen LogP contribution is 2.35. The van der Waals surface area contributed by atoms with Crippen molar-refractivity contribution in [3.63, 3.8) is 0 Å². The van der Waals surface area contributed by atoms with Crippen molar-refractivity contribution in [2.75, 3.05) is 7.05 Å². The molecule has 0 atom stereocenters. The average Bonchev–Trinajstić information content (AvgIpc) is 2.30. The predicted molar refractivity (Wildman–Crippen MR) is 50.4 cm³/mol. The van der Waals surface area contributed by atoms with Crippen LogP contribution in [-0.4, -0.2) is 19.8 Å². The van der Waals surface area contributed by atoms with Gasteiger partial charge in [0, 0.05) is 12.6 Å². The summed E-state index contributed by atoms with van der Waals surface area (Å²) in [6.07, 6.45) is 0. The molecular weight excluding hydrogens is 186 g/mol. The van der Waals surface area contributed by atoms with E-state index in [9.17, 15) is 8.42 Å². The zero-order valence-corrected chi connectivity index (χ0v) is 8.00. The Balaban J connectivity index is 2.83. The van der Waals surface area contributed by atoms with E-state index in [1.807, 2.05) is 0 Å². The second-order valence-corrected chi connectivity index (χ2v) is 4.85. The van der Waals surface area contributed by atoms with Crippen LogP contribution in [0.2, 0.25) is 0 Å². The molecule has 1 aliphatic rings. The fourth-order valence-corrected chi connectivity index (χ4v) is 2.79. The van der Waals surface area contributed by atoms with Gasteiger partial charge >= 0.3 is 0 Å². The van der Waals surface area contributed by atoms with E-state index in [1.165, 1.54) is 11.4 Å². The lowest BCUT2D eigenvalue weighted by Gasteiger charge is -2.09. The molecule has 0 saturated carbocycles. The Kier molecular flexibility index (Phi) is 1.51. The number of benzene rings is 1. The van der Waals surface area contributed by atoms with Gasteiger partial charge in [0.1, 0.15) is 0 Å². The van der Waals surface area contributed by atoms with Gasteiger partial charge in [0.25, 0.3) is 10.0 Å². The van der Waals surface area contributed by atoms with E-state index < -0.39 is 10.0 Å². The fourth-order valence-electron chi connectivity index (χ4n) is 1.39. The van der Waals surface area contributed by atoms with Crippen molar-refractivity contribution in [3.05, 3.63) is 36.4 Å². The molecule has 2 rings (SSSR count). The van der Waals surface area contributed by atoms with Gasteiger partial charge in [-0.25, -0.2) is 8.42 Å². The highest BCUT2D eigenvalue weighted by molar-refractivity contribution is 7.90. The maximum Gasteiger partial charge on any atom is 0.264 e. The minimum absolute atomic E-state index is 0.350. The van der Waals surface area contributed by atoms with Crippen molar-refractivity contribution in [3.8, 4) is 0 Å². The van der Waals surface area contributed by atoms with Crippen LogP contribution in [0.3, 0.4) is 0 Å². The normalized spacial score (nSPS) is 18.8. The minimum Gasteiger partial charge on any atom is -0.269 e. The summed E-state index contributed by atoms with van der Waals surface area (Å²) in [6, 6.07) is 6.87. The smallest absolute Gasteiger partial charge is 0.264 e. The standard InChI is InChI=1S/C9H9NO2S/c1-7-8-5-3-4-6-9(8)13(11,12)10(7)2/h3-6H,1H2,2H3. The molecule has 13 heavy (non-hydrogen) atoms. The molecule has 0 aromatic heterocycles. The molecule has 0 N–H and O–H groups in total. The van der Waals surface area contributed by atoms with Crippen molar-refractivity contribution in [2.45, 2.75) is 4.90 Å². The Morgan fingerprint density at radius 2 is 1.92 bits per heavy atom. The second kappa shape index (κ2) is 2.35. The molecule has 0 aliphatic carbocycles. The summed E-state index contributed by atoms with van der Waals surface area (Å²) < 4.78 is 24.5. The summed E-state index contributed by atoms with van der Waals surface area (Å²) in [5.74, 6) is 0. The number of nitrogens with zero attached hydrogens (tertiary/aromatic N) is 1. The van der Waals surface area contributed by atoms with E-state index in [4.69, 9.17) is 0 Å². The summed E-state index contributed by atoms with van der Waals surface area (Å²) in [7, 11) is -1.79. The third-order valence-electron chi connectivity index (χ3n) is 2.22. The Bertz CT molecular complexity index is 476. The Labute approximate surface area is 77.4 Å². The van der Waals surface area contributed by atoms with Crippen molar-refractivity contribution in [1.29, 1.82) is 0 Å². The molecule has 0 saturated heterocycles. The number of hydrogen-bond acceptors (Lipinski definition) is 2. The van der Waals surface area contributed by atoms with Gasteiger partial charge in [-0.1, -0.05) is 24.8 Å². The van der Waals surface area contributed by atoms with Crippen molar-refractivity contribution >= 4 is 15.7 Å². The summed E-state index contributed by atoms with van der Waals surface area (Å²) in [5.41, 5.74) is 1.24. The lowest BCUT2D eigenvalue weighted by Crippen LogP contribution is -2.17. The van der Waals surface area contributed by atoms with E-state index >= 15 is 0 Å². The quantitative estimate of drug-likeness (QED) is 0.625. The van der Waals surface area contributed by atoms with E-state index in [1.54, 1.807) is 24.3 Å². The third-order valence-corrected chi connectivity index (χ3v) is 4.07. The Morgan fingerprint density at radius 1 is 1.31 bits per heavy atom. The van der Waals surface area contributed by atoms with Gasteiger partial charge in [-0.05, 0) is 6.07 Å². The molecule has 0 radical (unpaired) electrons. The van der Waals surface area contributed by atoms with Crippen LogP contribution in [0, 0.1) is 0 Å². The molecule has 1 aromatic carbocycles. The summed E-state index contributed by atoms with van der Waals surface area (Å²) >= 11 is 0. The number of sulfonamides is 1.